The van der Waals surface area contributed by atoms with Crippen molar-refractivity contribution in [1.82, 2.24) is 19.9 Å². The Morgan fingerprint density at radius 2 is 1.81 bits per heavy atom. The van der Waals surface area contributed by atoms with Gasteiger partial charge in [0, 0.05) is 19.2 Å². The molecule has 0 radical (unpaired) electrons. The number of methoxy groups -OCH3 is 1. The molecule has 0 unspecified atom stereocenters. The number of aromatic nitrogens is 4. The van der Waals surface area contributed by atoms with Gasteiger partial charge >= 0.3 is 5.97 Å². The summed E-state index contributed by atoms with van der Waals surface area (Å²) in [5.74, 6) is 0.899. The third kappa shape index (κ3) is 4.56. The first-order valence-electron chi connectivity index (χ1n) is 9.81. The number of nitrogens with zero attached hydrogens (tertiary/aromatic N) is 5. The number of rotatable bonds is 7. The van der Waals surface area contributed by atoms with Gasteiger partial charge in [0.05, 0.1) is 29.4 Å². The second-order valence-corrected chi connectivity index (χ2v) is 6.92. The summed E-state index contributed by atoms with van der Waals surface area (Å²) in [4.78, 5) is 34.1. The van der Waals surface area contributed by atoms with E-state index in [-0.39, 0.29) is 6.61 Å². The van der Waals surface area contributed by atoms with Gasteiger partial charge in [-0.15, -0.1) is 0 Å². The normalized spacial score (nSPS) is 10.6. The van der Waals surface area contributed by atoms with Crippen molar-refractivity contribution in [3.63, 3.8) is 0 Å². The molecule has 0 amide bonds. The molecule has 4 rings (SSSR count). The molecule has 0 saturated heterocycles. The standard InChI is InChI=1S/C23H21N5O4/c1-15-4-6-18(7-5-15)28(32-16(2)29)23-19-10-21(30-3)22(11-20(19)26-14-27-23)31-12-17-8-9-24-13-25-17/h4-11,13-14H,12H2,1-3H3. The van der Waals surface area contributed by atoms with Gasteiger partial charge in [-0.1, -0.05) is 17.7 Å². The van der Waals surface area contributed by atoms with Crippen molar-refractivity contribution < 1.29 is 19.1 Å². The minimum absolute atomic E-state index is 0.241. The zero-order valence-electron chi connectivity index (χ0n) is 17.8. The van der Waals surface area contributed by atoms with E-state index in [1.807, 2.05) is 31.2 Å². The molecule has 0 aliphatic carbocycles. The van der Waals surface area contributed by atoms with E-state index in [0.29, 0.717) is 33.9 Å². The molecule has 0 aliphatic heterocycles. The first-order chi connectivity index (χ1) is 15.5. The summed E-state index contributed by atoms with van der Waals surface area (Å²) in [5.41, 5.74) is 3.05. The summed E-state index contributed by atoms with van der Waals surface area (Å²) in [5, 5.41) is 2.01. The minimum atomic E-state index is -0.478. The largest absolute Gasteiger partial charge is 0.493 e. The average molecular weight is 431 g/mol. The Balaban J connectivity index is 1.76. The van der Waals surface area contributed by atoms with Crippen molar-refractivity contribution in [2.24, 2.45) is 0 Å². The first-order valence-corrected chi connectivity index (χ1v) is 9.81. The van der Waals surface area contributed by atoms with E-state index >= 15 is 0 Å². The van der Waals surface area contributed by atoms with Crippen LogP contribution in [0.2, 0.25) is 0 Å². The van der Waals surface area contributed by atoms with Crippen LogP contribution in [0.3, 0.4) is 0 Å². The Hall–Kier alpha value is -4.27. The summed E-state index contributed by atoms with van der Waals surface area (Å²) in [6, 6.07) is 12.8. The van der Waals surface area contributed by atoms with Crippen LogP contribution in [-0.4, -0.2) is 33.0 Å². The highest BCUT2D eigenvalue weighted by atomic mass is 16.7. The van der Waals surface area contributed by atoms with E-state index in [4.69, 9.17) is 14.3 Å². The maximum atomic E-state index is 11.8. The van der Waals surface area contributed by atoms with E-state index in [1.54, 1.807) is 31.5 Å². The van der Waals surface area contributed by atoms with Crippen LogP contribution >= 0.6 is 0 Å². The lowest BCUT2D eigenvalue weighted by molar-refractivity contribution is -0.141. The fraction of sp³-hybridized carbons (Fsp3) is 0.174. The second kappa shape index (κ2) is 9.25. The Kier molecular flexibility index (Phi) is 6.07. The van der Waals surface area contributed by atoms with Crippen LogP contribution in [0.15, 0.2) is 61.3 Å². The molecule has 0 N–H and O–H groups in total. The van der Waals surface area contributed by atoms with Gasteiger partial charge in [-0.2, -0.15) is 5.06 Å². The number of carbonyl (C=O) groups is 1. The molecular formula is C23H21N5O4. The molecule has 0 atom stereocenters. The molecule has 0 aliphatic rings. The summed E-state index contributed by atoms with van der Waals surface area (Å²) in [7, 11) is 1.55. The predicted molar refractivity (Wildman–Crippen MR) is 118 cm³/mol. The lowest BCUT2D eigenvalue weighted by Crippen LogP contribution is -2.22. The number of hydrogen-bond acceptors (Lipinski definition) is 9. The van der Waals surface area contributed by atoms with Crippen molar-refractivity contribution in [3.05, 3.63) is 72.6 Å². The average Bonchev–Trinajstić information content (AvgIpc) is 2.81. The van der Waals surface area contributed by atoms with Gasteiger partial charge in [0.25, 0.3) is 0 Å². The van der Waals surface area contributed by atoms with Crippen molar-refractivity contribution >= 4 is 28.4 Å². The third-order valence-electron chi connectivity index (χ3n) is 4.60. The minimum Gasteiger partial charge on any atom is -0.493 e. The molecule has 2 aromatic carbocycles. The molecule has 4 aromatic rings. The zero-order chi connectivity index (χ0) is 22.5. The van der Waals surface area contributed by atoms with E-state index in [9.17, 15) is 4.79 Å². The van der Waals surface area contributed by atoms with Crippen molar-refractivity contribution in [1.29, 1.82) is 0 Å². The maximum absolute atomic E-state index is 11.8. The van der Waals surface area contributed by atoms with Crippen molar-refractivity contribution in [3.8, 4) is 11.5 Å². The molecule has 0 bridgehead atoms. The summed E-state index contributed by atoms with van der Waals surface area (Å²) >= 11 is 0. The Bertz CT molecular complexity index is 1230. The molecule has 9 nitrogen and oxygen atoms in total. The van der Waals surface area contributed by atoms with E-state index in [1.165, 1.54) is 24.6 Å². The molecule has 32 heavy (non-hydrogen) atoms. The highest BCUT2D eigenvalue weighted by Gasteiger charge is 2.20. The Morgan fingerprint density at radius 1 is 1.00 bits per heavy atom. The molecular weight excluding hydrogens is 410 g/mol. The van der Waals surface area contributed by atoms with Crippen LogP contribution in [0.5, 0.6) is 11.5 Å². The smallest absolute Gasteiger partial charge is 0.329 e. The van der Waals surface area contributed by atoms with Crippen LogP contribution in [0.4, 0.5) is 11.5 Å². The number of benzene rings is 2. The lowest BCUT2D eigenvalue weighted by Gasteiger charge is -2.23. The highest BCUT2D eigenvalue weighted by molar-refractivity contribution is 5.93. The molecule has 2 aromatic heterocycles. The van der Waals surface area contributed by atoms with Gasteiger partial charge in [-0.25, -0.2) is 24.7 Å². The molecule has 0 saturated carbocycles. The van der Waals surface area contributed by atoms with E-state index < -0.39 is 5.97 Å². The summed E-state index contributed by atoms with van der Waals surface area (Å²) < 4.78 is 11.4. The second-order valence-electron chi connectivity index (χ2n) is 6.92. The number of anilines is 2. The Morgan fingerprint density at radius 3 is 2.50 bits per heavy atom. The van der Waals surface area contributed by atoms with Crippen LogP contribution in [-0.2, 0) is 16.2 Å². The van der Waals surface area contributed by atoms with E-state index in [0.717, 1.165) is 11.3 Å². The lowest BCUT2D eigenvalue weighted by atomic mass is 10.2. The van der Waals surface area contributed by atoms with Gasteiger partial charge < -0.3 is 14.3 Å². The van der Waals surface area contributed by atoms with Crippen molar-refractivity contribution in [2.45, 2.75) is 20.5 Å². The first kappa shape index (κ1) is 21.0. The third-order valence-corrected chi connectivity index (χ3v) is 4.60. The van der Waals surface area contributed by atoms with Gasteiger partial charge in [0.2, 0.25) is 0 Å². The van der Waals surface area contributed by atoms with Gasteiger partial charge in [-0.05, 0) is 31.2 Å². The van der Waals surface area contributed by atoms with Gasteiger partial charge in [0.1, 0.15) is 19.3 Å². The van der Waals surface area contributed by atoms with Gasteiger partial charge in [-0.3, -0.25) is 0 Å². The summed E-state index contributed by atoms with van der Waals surface area (Å²) in [6.07, 6.45) is 4.52. The van der Waals surface area contributed by atoms with Crippen LogP contribution < -0.4 is 14.5 Å². The number of ether oxygens (including phenoxy) is 2. The molecule has 162 valence electrons. The topological polar surface area (TPSA) is 99.6 Å². The number of fused-ring (bicyclic) bond motifs is 1. The van der Waals surface area contributed by atoms with Gasteiger partial charge in [0.15, 0.2) is 17.3 Å². The molecule has 0 spiro atoms. The quantitative estimate of drug-likeness (QED) is 0.403. The highest BCUT2D eigenvalue weighted by Crippen LogP contribution is 2.37. The maximum Gasteiger partial charge on any atom is 0.329 e. The monoisotopic (exact) mass is 431 g/mol. The summed E-state index contributed by atoms with van der Waals surface area (Å²) in [6.45, 7) is 3.56. The zero-order valence-corrected chi connectivity index (χ0v) is 17.8. The number of carbonyl (C=O) groups excluding carboxylic acids is 1. The van der Waals surface area contributed by atoms with E-state index in [2.05, 4.69) is 19.9 Å². The molecule has 9 heteroatoms. The Labute approximate surface area is 184 Å². The van der Waals surface area contributed by atoms with Crippen LogP contribution in [0.25, 0.3) is 10.9 Å². The van der Waals surface area contributed by atoms with Crippen LogP contribution in [0, 0.1) is 6.92 Å². The van der Waals surface area contributed by atoms with Crippen LogP contribution in [0.1, 0.15) is 18.2 Å². The fourth-order valence-electron chi connectivity index (χ4n) is 3.07. The number of aryl methyl sites for hydroxylation is 1. The predicted octanol–water partition coefficient (Wildman–Crippen LogP) is 3.93. The number of hydrogen-bond donors (Lipinski definition) is 0. The molecule has 2 heterocycles. The SMILES string of the molecule is COc1cc2c(N(OC(C)=O)c3ccc(C)cc3)ncnc2cc1OCc1ccncn1. The molecule has 0 fully saturated rings. The van der Waals surface area contributed by atoms with Crippen molar-refractivity contribution in [2.75, 3.05) is 12.2 Å². The fourth-order valence-corrected chi connectivity index (χ4v) is 3.07.